The molecule has 4 heteroatoms. The van der Waals surface area contributed by atoms with Gasteiger partial charge in [0, 0.05) is 6.04 Å². The molecule has 0 aromatic heterocycles. The zero-order valence-corrected chi connectivity index (χ0v) is 9.36. The molecule has 1 saturated carbocycles. The van der Waals surface area contributed by atoms with Crippen LogP contribution in [0.15, 0.2) is 0 Å². The van der Waals surface area contributed by atoms with Crippen molar-refractivity contribution in [3.63, 3.8) is 0 Å². The van der Waals surface area contributed by atoms with Gasteiger partial charge in [0.2, 0.25) is 0 Å². The lowest BCUT2D eigenvalue weighted by molar-refractivity contribution is -0.0140. The second-order valence-corrected chi connectivity index (χ2v) is 4.05. The maximum Gasteiger partial charge on any atom is 0.0727 e. The zero-order chi connectivity index (χ0) is 10.9. The van der Waals surface area contributed by atoms with Crippen LogP contribution in [0.25, 0.3) is 0 Å². The summed E-state index contributed by atoms with van der Waals surface area (Å²) in [5, 5.41) is 8.51. The van der Waals surface area contributed by atoms with Crippen LogP contribution in [0, 0.1) is 0 Å². The first kappa shape index (κ1) is 12.9. The number of hydrogen-bond donors (Lipinski definition) is 2. The van der Waals surface area contributed by atoms with Crippen molar-refractivity contribution in [2.24, 2.45) is 5.73 Å². The molecule has 1 fully saturated rings. The van der Waals surface area contributed by atoms with Crippen LogP contribution in [-0.4, -0.2) is 43.7 Å². The molecule has 0 saturated heterocycles. The predicted molar refractivity (Wildman–Crippen MR) is 58.7 cm³/mol. The molecule has 1 aliphatic carbocycles. The molecule has 1 aliphatic rings. The van der Waals surface area contributed by atoms with E-state index in [-0.39, 0.29) is 18.8 Å². The highest BCUT2D eigenvalue weighted by atomic mass is 16.5. The minimum absolute atomic E-state index is 0.0724. The summed E-state index contributed by atoms with van der Waals surface area (Å²) in [5.74, 6) is 0. The number of hydrogen-bond acceptors (Lipinski definition) is 4. The van der Waals surface area contributed by atoms with Gasteiger partial charge in [0.05, 0.1) is 32.5 Å². The quantitative estimate of drug-likeness (QED) is 0.507. The van der Waals surface area contributed by atoms with Crippen molar-refractivity contribution in [2.75, 3.05) is 26.4 Å². The molecule has 0 amide bonds. The fourth-order valence-electron chi connectivity index (χ4n) is 1.93. The van der Waals surface area contributed by atoms with E-state index in [0.717, 1.165) is 12.8 Å². The minimum atomic E-state index is 0.0724. The predicted octanol–water partition coefficient (Wildman–Crippen LogP) is 0.672. The minimum Gasteiger partial charge on any atom is -0.394 e. The van der Waals surface area contributed by atoms with Crippen molar-refractivity contribution in [1.82, 2.24) is 0 Å². The van der Waals surface area contributed by atoms with E-state index >= 15 is 0 Å². The fraction of sp³-hybridized carbons (Fsp3) is 1.00. The van der Waals surface area contributed by atoms with E-state index in [2.05, 4.69) is 0 Å². The average molecular weight is 217 g/mol. The van der Waals surface area contributed by atoms with Crippen molar-refractivity contribution >= 4 is 0 Å². The number of aliphatic hydroxyl groups excluding tert-OH is 1. The zero-order valence-electron chi connectivity index (χ0n) is 9.36. The number of ether oxygens (including phenoxy) is 2. The molecular formula is C11H23NO3. The SMILES string of the molecule is NC1CCCCCC1OCCOCCO. The maximum absolute atomic E-state index is 8.51. The van der Waals surface area contributed by atoms with E-state index in [1.165, 1.54) is 19.3 Å². The molecule has 0 aromatic rings. The Balaban J connectivity index is 2.07. The molecule has 2 unspecified atom stereocenters. The summed E-state index contributed by atoms with van der Waals surface area (Å²) in [6, 6.07) is 0.186. The first-order chi connectivity index (χ1) is 7.34. The Hall–Kier alpha value is -0.160. The Morgan fingerprint density at radius 2 is 1.87 bits per heavy atom. The van der Waals surface area contributed by atoms with Crippen LogP contribution in [0.5, 0.6) is 0 Å². The molecule has 3 N–H and O–H groups in total. The molecule has 0 aliphatic heterocycles. The van der Waals surface area contributed by atoms with Gasteiger partial charge in [-0.3, -0.25) is 0 Å². The molecule has 0 aromatic carbocycles. The van der Waals surface area contributed by atoms with Crippen LogP contribution in [0.1, 0.15) is 32.1 Å². The Morgan fingerprint density at radius 1 is 1.07 bits per heavy atom. The van der Waals surface area contributed by atoms with Crippen LogP contribution in [0.4, 0.5) is 0 Å². The van der Waals surface area contributed by atoms with Crippen molar-refractivity contribution in [1.29, 1.82) is 0 Å². The summed E-state index contributed by atoms with van der Waals surface area (Å²) in [4.78, 5) is 0. The molecule has 0 bridgehead atoms. The Kier molecular flexibility index (Phi) is 6.92. The maximum atomic E-state index is 8.51. The van der Waals surface area contributed by atoms with Crippen molar-refractivity contribution in [3.8, 4) is 0 Å². The highest BCUT2D eigenvalue weighted by Gasteiger charge is 2.20. The van der Waals surface area contributed by atoms with Gasteiger partial charge >= 0.3 is 0 Å². The Morgan fingerprint density at radius 3 is 2.67 bits per heavy atom. The number of aliphatic hydroxyl groups is 1. The smallest absolute Gasteiger partial charge is 0.0727 e. The van der Waals surface area contributed by atoms with Crippen molar-refractivity contribution < 1.29 is 14.6 Å². The molecule has 0 radical (unpaired) electrons. The topological polar surface area (TPSA) is 64.7 Å². The Bertz CT molecular complexity index is 155. The molecule has 4 nitrogen and oxygen atoms in total. The van der Waals surface area contributed by atoms with Crippen LogP contribution < -0.4 is 5.73 Å². The average Bonchev–Trinajstić information content (AvgIpc) is 2.44. The van der Waals surface area contributed by atoms with Crippen LogP contribution >= 0.6 is 0 Å². The van der Waals surface area contributed by atoms with E-state index in [1.54, 1.807) is 0 Å². The van der Waals surface area contributed by atoms with E-state index in [4.69, 9.17) is 20.3 Å². The third kappa shape index (κ3) is 5.47. The van der Waals surface area contributed by atoms with Crippen LogP contribution in [-0.2, 0) is 9.47 Å². The van der Waals surface area contributed by atoms with Gasteiger partial charge in [-0.25, -0.2) is 0 Å². The summed E-state index contributed by atoms with van der Waals surface area (Å²) in [6.07, 6.45) is 6.06. The normalized spacial score (nSPS) is 27.6. The van der Waals surface area contributed by atoms with Gasteiger partial charge in [-0.05, 0) is 12.8 Å². The lowest BCUT2D eigenvalue weighted by atomic mass is 10.1. The lowest BCUT2D eigenvalue weighted by Gasteiger charge is -2.21. The monoisotopic (exact) mass is 217 g/mol. The molecule has 2 atom stereocenters. The van der Waals surface area contributed by atoms with Gasteiger partial charge in [-0.15, -0.1) is 0 Å². The Labute approximate surface area is 91.7 Å². The van der Waals surface area contributed by atoms with E-state index in [9.17, 15) is 0 Å². The summed E-state index contributed by atoms with van der Waals surface area (Å²) < 4.78 is 10.8. The number of rotatable bonds is 6. The van der Waals surface area contributed by atoms with Crippen LogP contribution in [0.2, 0.25) is 0 Å². The van der Waals surface area contributed by atoms with Gasteiger partial charge in [-0.1, -0.05) is 19.3 Å². The summed E-state index contributed by atoms with van der Waals surface area (Å²) >= 11 is 0. The van der Waals surface area contributed by atoms with Gasteiger partial charge < -0.3 is 20.3 Å². The summed E-state index contributed by atoms with van der Waals surface area (Å²) in [6.45, 7) is 1.59. The van der Waals surface area contributed by atoms with Gasteiger partial charge in [-0.2, -0.15) is 0 Å². The molecule has 1 rings (SSSR count). The highest BCUT2D eigenvalue weighted by molar-refractivity contribution is 4.76. The second-order valence-electron chi connectivity index (χ2n) is 4.05. The van der Waals surface area contributed by atoms with E-state index in [0.29, 0.717) is 19.8 Å². The second kappa shape index (κ2) is 8.05. The molecular weight excluding hydrogens is 194 g/mol. The standard InChI is InChI=1S/C11H23NO3/c12-10-4-2-1-3-5-11(10)15-9-8-14-7-6-13/h10-11,13H,1-9,12H2. The largest absolute Gasteiger partial charge is 0.394 e. The third-order valence-corrected chi connectivity index (χ3v) is 2.80. The van der Waals surface area contributed by atoms with Gasteiger partial charge in [0.15, 0.2) is 0 Å². The third-order valence-electron chi connectivity index (χ3n) is 2.80. The highest BCUT2D eigenvalue weighted by Crippen LogP contribution is 2.18. The molecule has 0 heterocycles. The fourth-order valence-corrected chi connectivity index (χ4v) is 1.93. The van der Waals surface area contributed by atoms with Gasteiger partial charge in [0.25, 0.3) is 0 Å². The molecule has 15 heavy (non-hydrogen) atoms. The molecule has 0 spiro atoms. The van der Waals surface area contributed by atoms with Gasteiger partial charge in [0.1, 0.15) is 0 Å². The number of nitrogens with two attached hydrogens (primary N) is 1. The van der Waals surface area contributed by atoms with Crippen LogP contribution in [0.3, 0.4) is 0 Å². The summed E-state index contributed by atoms with van der Waals surface area (Å²) in [5.41, 5.74) is 6.01. The first-order valence-corrected chi connectivity index (χ1v) is 5.90. The van der Waals surface area contributed by atoms with E-state index < -0.39 is 0 Å². The lowest BCUT2D eigenvalue weighted by Crippen LogP contribution is -2.36. The molecule has 90 valence electrons. The van der Waals surface area contributed by atoms with Crippen molar-refractivity contribution in [3.05, 3.63) is 0 Å². The van der Waals surface area contributed by atoms with E-state index in [1.807, 2.05) is 0 Å². The summed E-state index contributed by atoms with van der Waals surface area (Å²) in [7, 11) is 0. The van der Waals surface area contributed by atoms with Crippen molar-refractivity contribution in [2.45, 2.75) is 44.2 Å². The first-order valence-electron chi connectivity index (χ1n) is 5.90.